The van der Waals surface area contributed by atoms with E-state index in [4.69, 9.17) is 22.7 Å². The smallest absolute Gasteiger partial charge is 0.120 e. The average Bonchev–Trinajstić information content (AvgIpc) is 2.46. The molecule has 0 fully saturated rings. The largest absolute Gasteiger partial charge is 0.497 e. The van der Waals surface area contributed by atoms with Crippen molar-refractivity contribution in [3.8, 4) is 5.75 Å². The molecule has 20 heavy (non-hydrogen) atoms. The summed E-state index contributed by atoms with van der Waals surface area (Å²) < 4.78 is 6.20. The molecule has 0 amide bonds. The van der Waals surface area contributed by atoms with E-state index < -0.39 is 0 Å². The van der Waals surface area contributed by atoms with Gasteiger partial charge in [-0.3, -0.25) is 0 Å². The van der Waals surface area contributed by atoms with E-state index >= 15 is 0 Å². The quantitative estimate of drug-likeness (QED) is 0.849. The van der Waals surface area contributed by atoms with Crippen molar-refractivity contribution in [1.82, 2.24) is 0 Å². The topological polar surface area (TPSA) is 38.5 Å². The van der Waals surface area contributed by atoms with Crippen molar-refractivity contribution in [2.75, 3.05) is 19.1 Å². The molecule has 0 unspecified atom stereocenters. The Kier molecular flexibility index (Phi) is 4.62. The fraction of sp³-hybridized carbons (Fsp3) is 0.133. The minimum Gasteiger partial charge on any atom is -0.497 e. The summed E-state index contributed by atoms with van der Waals surface area (Å²) in [6.45, 7) is 0. The molecule has 3 nitrogen and oxygen atoms in total. The van der Waals surface area contributed by atoms with Crippen molar-refractivity contribution < 1.29 is 4.74 Å². The van der Waals surface area contributed by atoms with Gasteiger partial charge in [0.1, 0.15) is 10.7 Å². The van der Waals surface area contributed by atoms with E-state index in [-0.39, 0.29) is 0 Å². The first-order valence-electron chi connectivity index (χ1n) is 6.00. The maximum atomic E-state index is 5.81. The van der Waals surface area contributed by atoms with E-state index in [0.717, 1.165) is 27.2 Å². The summed E-state index contributed by atoms with van der Waals surface area (Å²) in [4.78, 5) is 2.40. The van der Waals surface area contributed by atoms with Crippen molar-refractivity contribution in [2.24, 2.45) is 5.73 Å². The first-order chi connectivity index (χ1) is 9.52. The van der Waals surface area contributed by atoms with Crippen LogP contribution in [0.25, 0.3) is 0 Å². The number of hydrogen-bond donors (Lipinski definition) is 1. The number of ether oxygens (including phenoxy) is 1. The molecule has 0 spiro atoms. The van der Waals surface area contributed by atoms with Gasteiger partial charge in [-0.1, -0.05) is 34.2 Å². The maximum Gasteiger partial charge on any atom is 0.120 e. The molecule has 0 radical (unpaired) electrons. The fourth-order valence-electron chi connectivity index (χ4n) is 1.96. The van der Waals surface area contributed by atoms with Crippen molar-refractivity contribution in [1.29, 1.82) is 0 Å². The molecular formula is C15H15BrN2OS. The third-order valence-electron chi connectivity index (χ3n) is 3.03. The zero-order valence-electron chi connectivity index (χ0n) is 11.3. The summed E-state index contributed by atoms with van der Waals surface area (Å²) in [5.74, 6) is 0.809. The number of anilines is 2. The lowest BCUT2D eigenvalue weighted by Gasteiger charge is -2.23. The van der Waals surface area contributed by atoms with Crippen LogP contribution in [-0.2, 0) is 0 Å². The van der Waals surface area contributed by atoms with Crippen LogP contribution in [0.3, 0.4) is 0 Å². The third kappa shape index (κ3) is 3.11. The predicted molar refractivity (Wildman–Crippen MR) is 91.1 cm³/mol. The number of nitrogens with two attached hydrogens (primary N) is 1. The van der Waals surface area contributed by atoms with Crippen molar-refractivity contribution >= 4 is 44.5 Å². The summed E-state index contributed by atoms with van der Waals surface area (Å²) in [6.07, 6.45) is 0. The Morgan fingerprint density at radius 2 is 2.00 bits per heavy atom. The Bertz CT molecular complexity index is 646. The van der Waals surface area contributed by atoms with E-state index in [1.54, 1.807) is 7.11 Å². The van der Waals surface area contributed by atoms with Gasteiger partial charge in [-0.2, -0.15) is 0 Å². The van der Waals surface area contributed by atoms with Gasteiger partial charge in [0, 0.05) is 28.8 Å². The zero-order chi connectivity index (χ0) is 14.7. The number of methoxy groups -OCH3 is 1. The van der Waals surface area contributed by atoms with Crippen LogP contribution in [0.1, 0.15) is 5.56 Å². The number of halogens is 1. The number of benzene rings is 2. The lowest BCUT2D eigenvalue weighted by Crippen LogP contribution is -2.17. The molecule has 0 aliphatic rings. The highest BCUT2D eigenvalue weighted by Crippen LogP contribution is 2.31. The average molecular weight is 351 g/mol. The molecule has 0 atom stereocenters. The Morgan fingerprint density at radius 3 is 2.65 bits per heavy atom. The lowest BCUT2D eigenvalue weighted by molar-refractivity contribution is 0.415. The summed E-state index contributed by atoms with van der Waals surface area (Å²) in [6, 6.07) is 13.7. The molecular weight excluding hydrogens is 336 g/mol. The molecule has 0 heterocycles. The van der Waals surface area contributed by atoms with Crippen LogP contribution in [-0.4, -0.2) is 19.1 Å². The van der Waals surface area contributed by atoms with E-state index in [2.05, 4.69) is 15.9 Å². The van der Waals surface area contributed by atoms with Gasteiger partial charge < -0.3 is 15.4 Å². The lowest BCUT2D eigenvalue weighted by atomic mass is 10.1. The molecule has 0 aliphatic heterocycles. The van der Waals surface area contributed by atoms with E-state index in [1.807, 2.05) is 54.4 Å². The summed E-state index contributed by atoms with van der Waals surface area (Å²) >= 11 is 8.57. The van der Waals surface area contributed by atoms with Gasteiger partial charge in [-0.25, -0.2) is 0 Å². The van der Waals surface area contributed by atoms with Crippen molar-refractivity contribution in [2.45, 2.75) is 0 Å². The molecule has 5 heteroatoms. The van der Waals surface area contributed by atoms with Crippen LogP contribution in [0.4, 0.5) is 11.4 Å². The minimum absolute atomic E-state index is 0.371. The Hall–Kier alpha value is -1.59. The number of nitrogens with zero attached hydrogens (tertiary/aromatic N) is 1. The first-order valence-corrected chi connectivity index (χ1v) is 7.20. The Labute approximate surface area is 132 Å². The molecule has 0 bridgehead atoms. The van der Waals surface area contributed by atoms with Gasteiger partial charge in [-0.15, -0.1) is 0 Å². The first kappa shape index (κ1) is 14.8. The maximum absolute atomic E-state index is 5.81. The van der Waals surface area contributed by atoms with Crippen LogP contribution in [0.2, 0.25) is 0 Å². The van der Waals surface area contributed by atoms with E-state index in [0.29, 0.717) is 4.99 Å². The monoisotopic (exact) mass is 350 g/mol. The van der Waals surface area contributed by atoms with Gasteiger partial charge in [0.2, 0.25) is 0 Å². The van der Waals surface area contributed by atoms with Gasteiger partial charge in [0.15, 0.2) is 0 Å². The molecule has 0 aromatic heterocycles. The van der Waals surface area contributed by atoms with Crippen LogP contribution in [0, 0.1) is 0 Å². The highest BCUT2D eigenvalue weighted by molar-refractivity contribution is 9.10. The molecule has 0 aliphatic carbocycles. The fourth-order valence-corrected chi connectivity index (χ4v) is 2.48. The van der Waals surface area contributed by atoms with E-state index in [9.17, 15) is 0 Å². The van der Waals surface area contributed by atoms with Crippen molar-refractivity contribution in [3.05, 3.63) is 52.5 Å². The molecule has 2 aromatic carbocycles. The number of hydrogen-bond acceptors (Lipinski definition) is 3. The van der Waals surface area contributed by atoms with Crippen LogP contribution >= 0.6 is 28.1 Å². The van der Waals surface area contributed by atoms with Gasteiger partial charge in [0.25, 0.3) is 0 Å². The summed E-state index contributed by atoms with van der Waals surface area (Å²) in [7, 11) is 3.62. The van der Waals surface area contributed by atoms with Crippen LogP contribution in [0.15, 0.2) is 46.9 Å². The zero-order valence-corrected chi connectivity index (χ0v) is 13.7. The van der Waals surface area contributed by atoms with Crippen LogP contribution < -0.4 is 15.4 Å². The summed E-state index contributed by atoms with van der Waals surface area (Å²) in [5.41, 5.74) is 8.60. The third-order valence-corrected chi connectivity index (χ3v) is 3.74. The Morgan fingerprint density at radius 1 is 1.25 bits per heavy atom. The SMILES string of the molecule is COc1cccc(N(C)c2ccc(Br)cc2C(N)=S)c1. The highest BCUT2D eigenvalue weighted by Gasteiger charge is 2.12. The molecule has 2 aromatic rings. The number of rotatable bonds is 4. The van der Waals surface area contributed by atoms with E-state index in [1.165, 1.54) is 0 Å². The number of thiocarbonyl (C=S) groups is 1. The second kappa shape index (κ2) is 6.24. The van der Waals surface area contributed by atoms with Crippen LogP contribution in [0.5, 0.6) is 5.75 Å². The molecule has 0 saturated carbocycles. The minimum atomic E-state index is 0.371. The highest BCUT2D eigenvalue weighted by atomic mass is 79.9. The predicted octanol–water partition coefficient (Wildman–Crippen LogP) is 3.86. The normalized spacial score (nSPS) is 10.2. The molecule has 2 N–H and O–H groups in total. The van der Waals surface area contributed by atoms with Gasteiger partial charge in [-0.05, 0) is 30.3 Å². The Balaban J connectivity index is 2.47. The standard InChI is InChI=1S/C15H15BrN2OS/c1-18(11-4-3-5-12(9-11)19-2)14-7-6-10(16)8-13(14)15(17)20/h3-9H,1-2H3,(H2,17,20). The van der Waals surface area contributed by atoms with Crippen molar-refractivity contribution in [3.63, 3.8) is 0 Å². The molecule has 104 valence electrons. The molecule has 0 saturated heterocycles. The second-order valence-electron chi connectivity index (χ2n) is 4.29. The van der Waals surface area contributed by atoms with Gasteiger partial charge >= 0.3 is 0 Å². The summed E-state index contributed by atoms with van der Waals surface area (Å²) in [5, 5.41) is 0. The molecule has 2 rings (SSSR count). The van der Waals surface area contributed by atoms with Gasteiger partial charge in [0.05, 0.1) is 12.8 Å². The second-order valence-corrected chi connectivity index (χ2v) is 5.64.